The molecular weight excluding hydrogens is 444 g/mol. The number of hydrogen-bond donors (Lipinski definition) is 3. The molecule has 0 radical (unpaired) electrons. The molecule has 0 spiro atoms. The molecule has 0 aliphatic carbocycles. The minimum absolute atomic E-state index is 0.0498. The third kappa shape index (κ3) is 4.70. The Bertz CT molecular complexity index is 1370. The van der Waals surface area contributed by atoms with Crippen LogP contribution in [-0.4, -0.2) is 25.0 Å². The van der Waals surface area contributed by atoms with Crippen molar-refractivity contribution in [2.75, 3.05) is 21.1 Å². The van der Waals surface area contributed by atoms with Gasteiger partial charge in [0.1, 0.15) is 0 Å². The number of nitro benzene ring substituents is 1. The number of nitrogens with one attached hydrogen (secondary N) is 3. The first-order chi connectivity index (χ1) is 15.8. The highest BCUT2D eigenvalue weighted by molar-refractivity contribution is 7.92. The summed E-state index contributed by atoms with van der Waals surface area (Å²) in [5, 5.41) is 17.0. The maximum atomic E-state index is 13.0. The van der Waals surface area contributed by atoms with Crippen molar-refractivity contribution in [2.24, 2.45) is 0 Å². The molecule has 0 fully saturated rings. The van der Waals surface area contributed by atoms with Crippen molar-refractivity contribution in [1.29, 1.82) is 0 Å². The smallest absolute Gasteiger partial charge is 0.269 e. The second-order valence-corrected chi connectivity index (χ2v) is 9.28. The summed E-state index contributed by atoms with van der Waals surface area (Å²) in [6, 6.07) is 19.8. The van der Waals surface area contributed by atoms with Crippen molar-refractivity contribution in [2.45, 2.75) is 6.92 Å². The van der Waals surface area contributed by atoms with Crippen LogP contribution in [0, 0.1) is 10.1 Å². The summed E-state index contributed by atoms with van der Waals surface area (Å²) in [4.78, 5) is 23.5. The lowest BCUT2D eigenvalue weighted by molar-refractivity contribution is -0.384. The highest BCUT2D eigenvalue weighted by Crippen LogP contribution is 2.39. The Kier molecular flexibility index (Phi) is 5.84. The highest BCUT2D eigenvalue weighted by atomic mass is 32.2. The first-order valence-corrected chi connectivity index (χ1v) is 11.7. The second-order valence-electron chi connectivity index (χ2n) is 7.26. The summed E-state index contributed by atoms with van der Waals surface area (Å²) in [6.45, 7) is 1.54. The molecule has 0 saturated heterocycles. The van der Waals surface area contributed by atoms with Crippen LogP contribution in [-0.2, 0) is 14.8 Å². The molecule has 0 bridgehead atoms. The lowest BCUT2D eigenvalue weighted by Crippen LogP contribution is -2.14. The van der Waals surface area contributed by atoms with E-state index in [4.69, 9.17) is 0 Å². The quantitative estimate of drug-likeness (QED) is 0.272. The largest absolute Gasteiger partial charge is 0.354 e. The average Bonchev–Trinajstić information content (AvgIpc) is 3.13. The van der Waals surface area contributed by atoms with Gasteiger partial charge in [-0.3, -0.25) is 19.6 Å². The lowest BCUT2D eigenvalue weighted by atomic mass is 9.99. The van der Waals surface area contributed by atoms with Crippen LogP contribution in [0.5, 0.6) is 0 Å². The zero-order chi connectivity index (χ0) is 23.6. The Morgan fingerprint density at radius 3 is 2.30 bits per heavy atom. The monoisotopic (exact) mass is 464 g/mol. The number of fused-ring (bicyclic) bond motifs is 1. The number of nitro groups is 1. The minimum Gasteiger partial charge on any atom is -0.354 e. The molecule has 3 aromatic rings. The van der Waals surface area contributed by atoms with Gasteiger partial charge in [-0.05, 0) is 42.8 Å². The van der Waals surface area contributed by atoms with E-state index in [0.29, 0.717) is 39.5 Å². The van der Waals surface area contributed by atoms with Gasteiger partial charge in [0.15, 0.2) is 0 Å². The Balaban J connectivity index is 1.84. The zero-order valence-corrected chi connectivity index (χ0v) is 18.3. The van der Waals surface area contributed by atoms with Crippen molar-refractivity contribution in [3.63, 3.8) is 0 Å². The summed E-state index contributed by atoms with van der Waals surface area (Å²) in [7, 11) is -3.50. The van der Waals surface area contributed by atoms with Gasteiger partial charge in [0.05, 0.1) is 21.9 Å². The third-order valence-corrected chi connectivity index (χ3v) is 6.38. The van der Waals surface area contributed by atoms with Gasteiger partial charge in [-0.1, -0.05) is 30.3 Å². The Labute approximate surface area is 190 Å². The molecular formula is C23H20N4O5S. The number of carbonyl (C=O) groups excluding carboxylic acids is 1. The van der Waals surface area contributed by atoms with E-state index in [1.54, 1.807) is 30.3 Å². The number of nitrogens with zero attached hydrogens (tertiary/aromatic N) is 1. The fourth-order valence-corrected chi connectivity index (χ4v) is 4.06. The number of rotatable bonds is 7. The number of anilines is 3. The van der Waals surface area contributed by atoms with Gasteiger partial charge in [-0.15, -0.1) is 0 Å². The van der Waals surface area contributed by atoms with Crippen molar-refractivity contribution in [3.8, 4) is 0 Å². The SMILES string of the molecule is CCS(=O)(=O)Nc1ccc2c(c1)/C(=C(\Nc1ccc([N+](=O)[O-])cc1)c1ccccc1)C(=O)N2. The van der Waals surface area contributed by atoms with Crippen LogP contribution in [0.25, 0.3) is 11.3 Å². The molecule has 1 amide bonds. The Morgan fingerprint density at radius 2 is 1.67 bits per heavy atom. The van der Waals surface area contributed by atoms with Crippen LogP contribution in [0.4, 0.5) is 22.7 Å². The predicted octanol–water partition coefficient (Wildman–Crippen LogP) is 4.29. The first-order valence-electron chi connectivity index (χ1n) is 10.0. The van der Waals surface area contributed by atoms with E-state index in [9.17, 15) is 23.3 Å². The van der Waals surface area contributed by atoms with Crippen LogP contribution in [0.15, 0.2) is 72.8 Å². The molecule has 1 aliphatic rings. The number of non-ortho nitro benzene ring substituents is 1. The van der Waals surface area contributed by atoms with E-state index >= 15 is 0 Å². The normalized spacial score (nSPS) is 14.3. The summed E-state index contributed by atoms with van der Waals surface area (Å²) in [6.07, 6.45) is 0. The van der Waals surface area contributed by atoms with Gasteiger partial charge < -0.3 is 10.6 Å². The number of amides is 1. The fraction of sp³-hybridized carbons (Fsp3) is 0.0870. The first kappa shape index (κ1) is 22.0. The van der Waals surface area contributed by atoms with Crippen molar-refractivity contribution in [1.82, 2.24) is 0 Å². The summed E-state index contributed by atoms with van der Waals surface area (Å²) < 4.78 is 26.5. The highest BCUT2D eigenvalue weighted by Gasteiger charge is 2.29. The molecule has 1 aliphatic heterocycles. The average molecular weight is 465 g/mol. The van der Waals surface area contributed by atoms with E-state index < -0.39 is 14.9 Å². The van der Waals surface area contributed by atoms with Crippen LogP contribution in [0.3, 0.4) is 0 Å². The zero-order valence-electron chi connectivity index (χ0n) is 17.5. The van der Waals surface area contributed by atoms with E-state index in [1.165, 1.54) is 19.1 Å². The fourth-order valence-electron chi connectivity index (χ4n) is 3.43. The third-order valence-electron chi connectivity index (χ3n) is 5.08. The summed E-state index contributed by atoms with van der Waals surface area (Å²) in [5.41, 5.74) is 3.45. The predicted molar refractivity (Wildman–Crippen MR) is 128 cm³/mol. The van der Waals surface area contributed by atoms with E-state index in [2.05, 4.69) is 15.4 Å². The molecule has 0 saturated carbocycles. The number of benzene rings is 3. The van der Waals surface area contributed by atoms with Crippen LogP contribution in [0.2, 0.25) is 0 Å². The maximum Gasteiger partial charge on any atom is 0.269 e. The molecule has 168 valence electrons. The van der Waals surface area contributed by atoms with Gasteiger partial charge in [0.25, 0.3) is 11.6 Å². The lowest BCUT2D eigenvalue weighted by Gasteiger charge is -2.15. The molecule has 1 heterocycles. The molecule has 3 N–H and O–H groups in total. The summed E-state index contributed by atoms with van der Waals surface area (Å²) in [5.74, 6) is -0.435. The second kappa shape index (κ2) is 8.75. The molecule has 3 aromatic carbocycles. The van der Waals surface area contributed by atoms with Gasteiger partial charge in [0, 0.05) is 34.8 Å². The molecule has 33 heavy (non-hydrogen) atoms. The van der Waals surface area contributed by atoms with Crippen molar-refractivity contribution in [3.05, 3.63) is 94.0 Å². The van der Waals surface area contributed by atoms with Crippen molar-refractivity contribution < 1.29 is 18.1 Å². The molecule has 0 aromatic heterocycles. The Hall–Kier alpha value is -4.18. The molecule has 10 heteroatoms. The van der Waals surface area contributed by atoms with Crippen LogP contribution >= 0.6 is 0 Å². The van der Waals surface area contributed by atoms with Gasteiger partial charge in [-0.2, -0.15) is 0 Å². The van der Waals surface area contributed by atoms with Gasteiger partial charge in [-0.25, -0.2) is 8.42 Å². The standard InChI is InChI=1S/C23H20N4O5S/c1-2-33(31,32)26-17-10-13-20-19(14-17)21(23(28)25-20)22(15-6-4-3-5-7-15)24-16-8-11-18(12-9-16)27(29)30/h3-14,24,26H,2H2,1H3,(H,25,28)/b22-21+. The molecule has 9 nitrogen and oxygen atoms in total. The van der Waals surface area contributed by atoms with Crippen LogP contribution < -0.4 is 15.4 Å². The number of hydrogen-bond acceptors (Lipinski definition) is 6. The summed E-state index contributed by atoms with van der Waals surface area (Å²) >= 11 is 0. The van der Waals surface area contributed by atoms with Crippen LogP contribution in [0.1, 0.15) is 18.1 Å². The topological polar surface area (TPSA) is 130 Å². The number of carbonyl (C=O) groups is 1. The van der Waals surface area contributed by atoms with Crippen molar-refractivity contribution >= 4 is 50.0 Å². The molecule has 0 unspecified atom stereocenters. The van der Waals surface area contributed by atoms with E-state index in [0.717, 1.165) is 0 Å². The molecule has 4 rings (SSSR count). The van der Waals surface area contributed by atoms with Gasteiger partial charge in [0.2, 0.25) is 10.0 Å². The number of sulfonamides is 1. The Morgan fingerprint density at radius 1 is 1.00 bits per heavy atom. The van der Waals surface area contributed by atoms with E-state index in [1.807, 2.05) is 30.3 Å². The maximum absolute atomic E-state index is 13.0. The molecule has 0 atom stereocenters. The minimum atomic E-state index is -3.50. The van der Waals surface area contributed by atoms with E-state index in [-0.39, 0.29) is 17.3 Å². The van der Waals surface area contributed by atoms with Gasteiger partial charge >= 0.3 is 0 Å².